The molecule has 0 radical (unpaired) electrons. The largest absolute Gasteiger partial charge is 0.312 e. The summed E-state index contributed by atoms with van der Waals surface area (Å²) in [6, 6.07) is 7.34. The number of hydrogen-bond donors (Lipinski definition) is 0. The van der Waals surface area contributed by atoms with Crippen molar-refractivity contribution in [2.45, 2.75) is 23.4 Å². The van der Waals surface area contributed by atoms with Crippen molar-refractivity contribution in [2.24, 2.45) is 0 Å². The maximum absolute atomic E-state index is 11.9. The Hall–Kier alpha value is -1.26. The van der Waals surface area contributed by atoms with Crippen molar-refractivity contribution in [3.63, 3.8) is 0 Å². The second kappa shape index (κ2) is 5.38. The summed E-state index contributed by atoms with van der Waals surface area (Å²) in [6.45, 7) is 2.58. The fourth-order valence-corrected chi connectivity index (χ4v) is 2.30. The summed E-state index contributed by atoms with van der Waals surface area (Å²) in [4.78, 5) is 17.0. The molecule has 0 aliphatic rings. The maximum atomic E-state index is 11.9. The lowest BCUT2D eigenvalue weighted by Crippen LogP contribution is -2.20. The first-order valence-corrected chi connectivity index (χ1v) is 6.39. The van der Waals surface area contributed by atoms with Crippen LogP contribution in [0.25, 0.3) is 0 Å². The van der Waals surface area contributed by atoms with Crippen molar-refractivity contribution >= 4 is 23.4 Å². The van der Waals surface area contributed by atoms with Crippen LogP contribution < -0.4 is 5.56 Å². The van der Waals surface area contributed by atoms with Gasteiger partial charge >= 0.3 is 0 Å². The van der Waals surface area contributed by atoms with E-state index in [9.17, 15) is 4.79 Å². The highest BCUT2D eigenvalue weighted by Crippen LogP contribution is 2.24. The Kier molecular flexibility index (Phi) is 3.86. The maximum Gasteiger partial charge on any atom is 0.283 e. The van der Waals surface area contributed by atoms with Crippen LogP contribution in [-0.4, -0.2) is 9.55 Å². The Bertz CT molecular complexity index is 565. The molecule has 0 aliphatic carbocycles. The molecule has 0 N–H and O–H groups in total. The van der Waals surface area contributed by atoms with Gasteiger partial charge in [-0.15, -0.1) is 0 Å². The minimum Gasteiger partial charge on any atom is -0.312 e. The highest BCUT2D eigenvalue weighted by Gasteiger charge is 2.05. The van der Waals surface area contributed by atoms with Crippen molar-refractivity contribution in [1.29, 1.82) is 0 Å². The number of nitrogens with zero attached hydrogens (tertiary/aromatic N) is 2. The van der Waals surface area contributed by atoms with Crippen molar-refractivity contribution in [3.05, 3.63) is 52.0 Å². The minimum atomic E-state index is -0.0602. The van der Waals surface area contributed by atoms with Crippen LogP contribution in [0.2, 0.25) is 5.02 Å². The first kappa shape index (κ1) is 12.2. The van der Waals surface area contributed by atoms with Crippen molar-refractivity contribution in [2.75, 3.05) is 0 Å². The highest BCUT2D eigenvalue weighted by molar-refractivity contribution is 7.99. The van der Waals surface area contributed by atoms with E-state index in [2.05, 4.69) is 4.98 Å². The van der Waals surface area contributed by atoms with Gasteiger partial charge in [0.2, 0.25) is 0 Å². The zero-order chi connectivity index (χ0) is 12.3. The topological polar surface area (TPSA) is 34.9 Å². The van der Waals surface area contributed by atoms with Gasteiger partial charge in [-0.2, -0.15) is 0 Å². The van der Waals surface area contributed by atoms with Gasteiger partial charge in [-0.3, -0.25) is 4.79 Å². The fraction of sp³-hybridized carbons (Fsp3) is 0.167. The summed E-state index contributed by atoms with van der Waals surface area (Å²) in [6.07, 6.45) is 3.33. The summed E-state index contributed by atoms with van der Waals surface area (Å²) in [5.41, 5.74) is -0.0602. The van der Waals surface area contributed by atoms with Gasteiger partial charge in [0, 0.05) is 28.9 Å². The Labute approximate surface area is 108 Å². The van der Waals surface area contributed by atoms with Gasteiger partial charge < -0.3 is 4.57 Å². The van der Waals surface area contributed by atoms with Crippen LogP contribution in [0, 0.1) is 0 Å². The molecule has 0 saturated carbocycles. The summed E-state index contributed by atoms with van der Waals surface area (Å²) >= 11 is 7.15. The molecule has 0 bridgehead atoms. The van der Waals surface area contributed by atoms with Crippen molar-refractivity contribution < 1.29 is 0 Å². The van der Waals surface area contributed by atoms with Crippen molar-refractivity contribution in [1.82, 2.24) is 9.55 Å². The zero-order valence-electron chi connectivity index (χ0n) is 9.26. The Morgan fingerprint density at radius 3 is 2.71 bits per heavy atom. The summed E-state index contributed by atoms with van der Waals surface area (Å²) in [7, 11) is 0. The Morgan fingerprint density at radius 1 is 1.35 bits per heavy atom. The highest BCUT2D eigenvalue weighted by atomic mass is 35.5. The fourth-order valence-electron chi connectivity index (χ4n) is 1.36. The Morgan fingerprint density at radius 2 is 2.06 bits per heavy atom. The molecule has 1 aromatic heterocycles. The number of rotatable bonds is 3. The third-order valence-electron chi connectivity index (χ3n) is 2.25. The van der Waals surface area contributed by atoms with E-state index in [1.54, 1.807) is 29.1 Å². The van der Waals surface area contributed by atoms with Gasteiger partial charge in [0.25, 0.3) is 5.56 Å². The predicted octanol–water partition coefficient (Wildman–Crippen LogP) is 3.07. The zero-order valence-corrected chi connectivity index (χ0v) is 10.8. The third-order valence-corrected chi connectivity index (χ3v) is 3.48. The summed E-state index contributed by atoms with van der Waals surface area (Å²) in [5, 5.41) is 1.16. The molecule has 17 heavy (non-hydrogen) atoms. The summed E-state index contributed by atoms with van der Waals surface area (Å²) in [5.74, 6) is 0. The number of aryl methyl sites for hydroxylation is 1. The number of hydrogen-bond acceptors (Lipinski definition) is 3. The standard InChI is InChI=1S/C12H11ClN2OS/c1-2-15-8-7-14-11(12(15)16)17-10-5-3-9(13)4-6-10/h3-8H,2H2,1H3. The van der Waals surface area contributed by atoms with E-state index in [1.165, 1.54) is 11.8 Å². The van der Waals surface area contributed by atoms with Crippen LogP contribution in [-0.2, 0) is 6.54 Å². The lowest BCUT2D eigenvalue weighted by Gasteiger charge is -2.04. The molecule has 0 unspecified atom stereocenters. The van der Waals surface area contributed by atoms with E-state index in [4.69, 9.17) is 11.6 Å². The third kappa shape index (κ3) is 2.90. The summed E-state index contributed by atoms with van der Waals surface area (Å²) < 4.78 is 1.63. The molecule has 1 aromatic carbocycles. The van der Waals surface area contributed by atoms with Crippen LogP contribution >= 0.6 is 23.4 Å². The predicted molar refractivity (Wildman–Crippen MR) is 69.7 cm³/mol. The van der Waals surface area contributed by atoms with Gasteiger partial charge in [0.15, 0.2) is 5.03 Å². The van der Waals surface area contributed by atoms with Gasteiger partial charge in [0.05, 0.1) is 0 Å². The quantitative estimate of drug-likeness (QED) is 0.856. The Balaban J connectivity index is 2.30. The molecule has 2 aromatic rings. The van der Waals surface area contributed by atoms with E-state index < -0.39 is 0 Å². The molecular formula is C12H11ClN2OS. The molecule has 0 atom stereocenters. The molecule has 0 amide bonds. The van der Waals surface area contributed by atoms with Crippen LogP contribution in [0.1, 0.15) is 6.92 Å². The smallest absolute Gasteiger partial charge is 0.283 e. The monoisotopic (exact) mass is 266 g/mol. The molecule has 0 saturated heterocycles. The number of aromatic nitrogens is 2. The molecular weight excluding hydrogens is 256 g/mol. The van der Waals surface area contributed by atoms with Crippen molar-refractivity contribution in [3.8, 4) is 0 Å². The van der Waals surface area contributed by atoms with Crippen LogP contribution in [0.5, 0.6) is 0 Å². The molecule has 2 rings (SSSR count). The van der Waals surface area contributed by atoms with E-state index in [-0.39, 0.29) is 5.56 Å². The molecule has 0 spiro atoms. The van der Waals surface area contributed by atoms with Gasteiger partial charge in [-0.25, -0.2) is 4.98 Å². The second-order valence-electron chi connectivity index (χ2n) is 3.38. The van der Waals surface area contributed by atoms with E-state index in [0.717, 1.165) is 4.90 Å². The van der Waals surface area contributed by atoms with E-state index in [0.29, 0.717) is 16.6 Å². The lowest BCUT2D eigenvalue weighted by molar-refractivity contribution is 0.692. The van der Waals surface area contributed by atoms with Crippen LogP contribution in [0.15, 0.2) is 51.4 Å². The number of benzene rings is 1. The molecule has 0 fully saturated rings. The molecule has 5 heteroatoms. The average molecular weight is 267 g/mol. The van der Waals surface area contributed by atoms with Crippen LogP contribution in [0.4, 0.5) is 0 Å². The number of halogens is 1. The molecule has 3 nitrogen and oxygen atoms in total. The first-order valence-electron chi connectivity index (χ1n) is 5.19. The SMILES string of the molecule is CCn1ccnc(Sc2ccc(Cl)cc2)c1=O. The normalized spacial score (nSPS) is 10.5. The second-order valence-corrected chi connectivity index (χ2v) is 4.88. The minimum absolute atomic E-state index is 0.0602. The molecule has 88 valence electrons. The molecule has 0 aliphatic heterocycles. The van der Waals surface area contributed by atoms with Gasteiger partial charge in [0.1, 0.15) is 0 Å². The average Bonchev–Trinajstić information content (AvgIpc) is 2.35. The van der Waals surface area contributed by atoms with Gasteiger partial charge in [-0.05, 0) is 31.2 Å². The first-order chi connectivity index (χ1) is 8.20. The van der Waals surface area contributed by atoms with E-state index >= 15 is 0 Å². The molecule has 1 heterocycles. The van der Waals surface area contributed by atoms with Gasteiger partial charge in [-0.1, -0.05) is 23.4 Å². The van der Waals surface area contributed by atoms with Crippen LogP contribution in [0.3, 0.4) is 0 Å². The lowest BCUT2D eigenvalue weighted by atomic mass is 10.4. The van der Waals surface area contributed by atoms with E-state index in [1.807, 2.05) is 19.1 Å².